The predicted octanol–water partition coefficient (Wildman–Crippen LogP) is 3.68. The minimum atomic E-state index is -0.337. The molecule has 142 valence electrons. The fraction of sp³-hybridized carbons (Fsp3) is 0.333. The van der Waals surface area contributed by atoms with E-state index in [1.807, 2.05) is 56.7 Å². The minimum absolute atomic E-state index is 0.111. The molecule has 1 N–H and O–H groups in total. The number of methoxy groups -OCH3 is 1. The number of hydrogen-bond acceptors (Lipinski definition) is 7. The van der Waals surface area contributed by atoms with E-state index in [4.69, 9.17) is 4.74 Å². The van der Waals surface area contributed by atoms with Crippen LogP contribution in [0.2, 0.25) is 0 Å². The van der Waals surface area contributed by atoms with Crippen LogP contribution in [-0.2, 0) is 11.8 Å². The predicted molar refractivity (Wildman–Crippen MR) is 109 cm³/mol. The van der Waals surface area contributed by atoms with Gasteiger partial charge in [-0.3, -0.25) is 4.79 Å². The fourth-order valence-corrected chi connectivity index (χ4v) is 4.01. The topological polar surface area (TPSA) is 81.9 Å². The Morgan fingerprint density at radius 2 is 2.11 bits per heavy atom. The van der Waals surface area contributed by atoms with Gasteiger partial charge in [-0.05, 0) is 32.9 Å². The average Bonchev–Trinajstić information content (AvgIpc) is 3.17. The van der Waals surface area contributed by atoms with E-state index in [9.17, 15) is 4.79 Å². The van der Waals surface area contributed by atoms with Gasteiger partial charge in [-0.1, -0.05) is 23.9 Å². The molecule has 0 bridgehead atoms. The van der Waals surface area contributed by atoms with Crippen LogP contribution < -0.4 is 10.1 Å². The lowest BCUT2D eigenvalue weighted by atomic mass is 10.2. The van der Waals surface area contributed by atoms with Crippen molar-refractivity contribution in [3.8, 4) is 17.1 Å². The second-order valence-electron chi connectivity index (χ2n) is 6.01. The Bertz CT molecular complexity index is 947. The van der Waals surface area contributed by atoms with Crippen LogP contribution in [0.1, 0.15) is 17.5 Å². The molecule has 0 aliphatic heterocycles. The third kappa shape index (κ3) is 4.30. The van der Waals surface area contributed by atoms with Gasteiger partial charge in [-0.25, -0.2) is 4.98 Å². The zero-order valence-corrected chi connectivity index (χ0v) is 17.4. The molecule has 1 atom stereocenters. The van der Waals surface area contributed by atoms with E-state index in [2.05, 4.69) is 20.5 Å². The van der Waals surface area contributed by atoms with Crippen molar-refractivity contribution in [2.24, 2.45) is 7.05 Å². The molecular weight excluding hydrogens is 382 g/mol. The van der Waals surface area contributed by atoms with Gasteiger partial charge in [0.25, 0.3) is 0 Å². The van der Waals surface area contributed by atoms with Gasteiger partial charge in [0.05, 0.1) is 18.1 Å². The molecule has 1 aromatic carbocycles. The summed E-state index contributed by atoms with van der Waals surface area (Å²) < 4.78 is 7.14. The number of thioether (sulfide) groups is 1. The molecule has 2 aromatic heterocycles. The van der Waals surface area contributed by atoms with Gasteiger partial charge in [0.15, 0.2) is 16.1 Å². The van der Waals surface area contributed by atoms with Gasteiger partial charge in [0.1, 0.15) is 5.75 Å². The van der Waals surface area contributed by atoms with Crippen molar-refractivity contribution in [3.05, 3.63) is 34.8 Å². The summed E-state index contributed by atoms with van der Waals surface area (Å²) in [6.45, 7) is 5.76. The van der Waals surface area contributed by atoms with Crippen molar-refractivity contribution in [2.45, 2.75) is 31.2 Å². The first-order chi connectivity index (χ1) is 12.9. The highest BCUT2D eigenvalue weighted by Gasteiger charge is 2.20. The lowest BCUT2D eigenvalue weighted by molar-refractivity contribution is -0.115. The number of carbonyl (C=O) groups excluding carboxylic acids is 1. The summed E-state index contributed by atoms with van der Waals surface area (Å²) in [5.74, 6) is 1.36. The van der Waals surface area contributed by atoms with E-state index in [0.29, 0.717) is 10.3 Å². The number of anilines is 1. The number of nitrogens with zero attached hydrogens (tertiary/aromatic N) is 4. The number of amides is 1. The first-order valence-corrected chi connectivity index (χ1v) is 10.0. The molecule has 3 aromatic rings. The summed E-state index contributed by atoms with van der Waals surface area (Å²) in [5, 5.41) is 12.3. The highest BCUT2D eigenvalue weighted by atomic mass is 32.2. The summed E-state index contributed by atoms with van der Waals surface area (Å²) in [7, 11) is 3.51. The molecule has 0 fully saturated rings. The van der Waals surface area contributed by atoms with Crippen molar-refractivity contribution < 1.29 is 9.53 Å². The molecule has 3 rings (SSSR count). The van der Waals surface area contributed by atoms with Crippen molar-refractivity contribution in [3.63, 3.8) is 0 Å². The zero-order chi connectivity index (χ0) is 19.6. The summed E-state index contributed by atoms with van der Waals surface area (Å²) in [6, 6.07) is 7.64. The maximum Gasteiger partial charge on any atom is 0.239 e. The number of aromatic nitrogens is 4. The van der Waals surface area contributed by atoms with Crippen LogP contribution in [0, 0.1) is 13.8 Å². The molecule has 1 amide bonds. The first-order valence-electron chi connectivity index (χ1n) is 8.34. The third-order valence-electron chi connectivity index (χ3n) is 4.07. The second kappa shape index (κ2) is 8.10. The Morgan fingerprint density at radius 3 is 2.78 bits per heavy atom. The van der Waals surface area contributed by atoms with Crippen LogP contribution >= 0.6 is 23.1 Å². The Labute approximate surface area is 166 Å². The highest BCUT2D eigenvalue weighted by molar-refractivity contribution is 8.00. The largest absolute Gasteiger partial charge is 0.497 e. The number of hydrogen-bond donors (Lipinski definition) is 1. The molecule has 0 saturated carbocycles. The number of benzene rings is 1. The third-order valence-corrected chi connectivity index (χ3v) is 6.20. The molecular formula is C18H21N5O2S2. The Morgan fingerprint density at radius 1 is 1.33 bits per heavy atom. The number of carbonyl (C=O) groups is 1. The van der Waals surface area contributed by atoms with Gasteiger partial charge in [0, 0.05) is 17.5 Å². The summed E-state index contributed by atoms with van der Waals surface area (Å²) in [5.41, 5.74) is 1.84. The van der Waals surface area contributed by atoms with Crippen molar-refractivity contribution >= 4 is 34.1 Å². The van der Waals surface area contributed by atoms with E-state index in [-0.39, 0.29) is 11.2 Å². The molecule has 7 nitrogen and oxygen atoms in total. The van der Waals surface area contributed by atoms with Crippen LogP contribution in [0.15, 0.2) is 29.4 Å². The monoisotopic (exact) mass is 403 g/mol. The lowest BCUT2D eigenvalue weighted by Gasteiger charge is -2.10. The zero-order valence-electron chi connectivity index (χ0n) is 15.8. The molecule has 0 aliphatic carbocycles. The van der Waals surface area contributed by atoms with Gasteiger partial charge >= 0.3 is 0 Å². The van der Waals surface area contributed by atoms with Crippen molar-refractivity contribution in [2.75, 3.05) is 12.4 Å². The van der Waals surface area contributed by atoms with Crippen LogP contribution in [0.4, 0.5) is 5.13 Å². The summed E-state index contributed by atoms with van der Waals surface area (Å²) in [4.78, 5) is 17.9. The van der Waals surface area contributed by atoms with E-state index in [0.717, 1.165) is 27.7 Å². The average molecular weight is 404 g/mol. The Balaban J connectivity index is 1.71. The quantitative estimate of drug-likeness (QED) is 0.632. The highest BCUT2D eigenvalue weighted by Crippen LogP contribution is 2.28. The molecule has 0 spiro atoms. The smallest absolute Gasteiger partial charge is 0.239 e. The Kier molecular flexibility index (Phi) is 5.81. The van der Waals surface area contributed by atoms with Crippen molar-refractivity contribution in [1.82, 2.24) is 19.7 Å². The number of aryl methyl sites for hydroxylation is 2. The normalized spacial score (nSPS) is 12.0. The van der Waals surface area contributed by atoms with E-state index in [1.54, 1.807) is 7.11 Å². The minimum Gasteiger partial charge on any atom is -0.497 e. The fourth-order valence-electron chi connectivity index (χ4n) is 2.38. The van der Waals surface area contributed by atoms with E-state index >= 15 is 0 Å². The van der Waals surface area contributed by atoms with Crippen LogP contribution in [0.25, 0.3) is 11.4 Å². The maximum absolute atomic E-state index is 12.5. The van der Waals surface area contributed by atoms with Crippen LogP contribution in [0.5, 0.6) is 5.75 Å². The number of thiazole rings is 1. The SMILES string of the molecule is COc1cccc(-c2nnc(SC(C)C(=O)Nc3nc(C)c(C)s3)n2C)c1. The molecule has 0 aliphatic rings. The molecule has 0 radical (unpaired) electrons. The van der Waals surface area contributed by atoms with Crippen LogP contribution in [-0.4, -0.2) is 38.0 Å². The maximum atomic E-state index is 12.5. The standard InChI is InChI=1S/C18H21N5O2S2/c1-10-11(2)26-17(19-10)20-16(24)12(3)27-18-22-21-15(23(18)4)13-7-6-8-14(9-13)25-5/h6-9,12H,1-5H3,(H,19,20,24). The van der Waals surface area contributed by atoms with E-state index in [1.165, 1.54) is 23.1 Å². The summed E-state index contributed by atoms with van der Waals surface area (Å²) >= 11 is 2.83. The lowest BCUT2D eigenvalue weighted by Crippen LogP contribution is -2.22. The molecule has 0 saturated heterocycles. The van der Waals surface area contributed by atoms with Gasteiger partial charge < -0.3 is 14.6 Å². The van der Waals surface area contributed by atoms with Gasteiger partial charge in [-0.2, -0.15) is 0 Å². The summed E-state index contributed by atoms with van der Waals surface area (Å²) in [6.07, 6.45) is 0. The second-order valence-corrected chi connectivity index (χ2v) is 8.52. The first kappa shape index (κ1) is 19.4. The molecule has 27 heavy (non-hydrogen) atoms. The van der Waals surface area contributed by atoms with Gasteiger partial charge in [0.2, 0.25) is 5.91 Å². The molecule has 1 unspecified atom stereocenters. The number of nitrogens with one attached hydrogen (secondary N) is 1. The van der Waals surface area contributed by atoms with E-state index < -0.39 is 0 Å². The number of ether oxygens (including phenoxy) is 1. The van der Waals surface area contributed by atoms with Crippen LogP contribution in [0.3, 0.4) is 0 Å². The Hall–Kier alpha value is -2.39. The molecule has 2 heterocycles. The number of rotatable bonds is 6. The van der Waals surface area contributed by atoms with Crippen molar-refractivity contribution in [1.29, 1.82) is 0 Å². The molecule has 9 heteroatoms. The van der Waals surface area contributed by atoms with Gasteiger partial charge in [-0.15, -0.1) is 21.5 Å².